The number of thiazole rings is 1. The molecule has 0 saturated heterocycles. The Morgan fingerprint density at radius 2 is 2.20 bits per heavy atom. The summed E-state index contributed by atoms with van der Waals surface area (Å²) in [6.07, 6.45) is 6.67. The van der Waals surface area contributed by atoms with E-state index in [1.807, 2.05) is 6.92 Å². The van der Waals surface area contributed by atoms with Crippen molar-refractivity contribution in [2.24, 2.45) is 5.41 Å². The van der Waals surface area contributed by atoms with E-state index in [-0.39, 0.29) is 5.41 Å². The van der Waals surface area contributed by atoms with Crippen LogP contribution in [0.25, 0.3) is 0 Å². The maximum absolute atomic E-state index is 9.34. The summed E-state index contributed by atoms with van der Waals surface area (Å²) in [7, 11) is 0. The minimum absolute atomic E-state index is 0.112. The molecule has 2 nitrogen and oxygen atoms in total. The van der Waals surface area contributed by atoms with Crippen LogP contribution in [0.15, 0.2) is 5.38 Å². The summed E-state index contributed by atoms with van der Waals surface area (Å²) in [5.41, 5.74) is 1.000. The molecule has 1 aromatic heterocycles. The molecule has 0 aromatic carbocycles. The SMILES string of the molecule is Cc1nc(CC2(C#N)CCCCC2)cs1. The van der Waals surface area contributed by atoms with Crippen LogP contribution in [0.5, 0.6) is 0 Å². The van der Waals surface area contributed by atoms with Gasteiger partial charge >= 0.3 is 0 Å². The first kappa shape index (κ1) is 10.6. The van der Waals surface area contributed by atoms with Crippen molar-refractivity contribution in [1.29, 1.82) is 5.26 Å². The average Bonchev–Trinajstić information content (AvgIpc) is 2.65. The van der Waals surface area contributed by atoms with Crippen LogP contribution in [0.4, 0.5) is 0 Å². The molecule has 0 radical (unpaired) electrons. The van der Waals surface area contributed by atoms with Gasteiger partial charge in [0, 0.05) is 11.8 Å². The molecular weight excluding hydrogens is 204 g/mol. The number of nitrogens with zero attached hydrogens (tertiary/aromatic N) is 2. The predicted octanol–water partition coefficient (Wildman–Crippen LogP) is 3.47. The predicted molar refractivity (Wildman–Crippen MR) is 61.7 cm³/mol. The van der Waals surface area contributed by atoms with Crippen LogP contribution in [0.2, 0.25) is 0 Å². The van der Waals surface area contributed by atoms with Crippen molar-refractivity contribution in [3.05, 3.63) is 16.1 Å². The Kier molecular flexibility index (Phi) is 3.06. The van der Waals surface area contributed by atoms with Crippen LogP contribution in [0.1, 0.15) is 42.8 Å². The van der Waals surface area contributed by atoms with E-state index < -0.39 is 0 Å². The Hall–Kier alpha value is -0.880. The normalized spacial score (nSPS) is 19.7. The second-order valence-corrected chi connectivity index (χ2v) is 5.55. The summed E-state index contributed by atoms with van der Waals surface area (Å²) < 4.78 is 0. The van der Waals surface area contributed by atoms with Gasteiger partial charge in [-0.3, -0.25) is 0 Å². The van der Waals surface area contributed by atoms with Gasteiger partial charge in [0.05, 0.1) is 22.2 Å². The molecule has 0 amide bonds. The molecule has 1 saturated carbocycles. The van der Waals surface area contributed by atoms with E-state index in [0.29, 0.717) is 0 Å². The highest BCUT2D eigenvalue weighted by atomic mass is 32.1. The van der Waals surface area contributed by atoms with Gasteiger partial charge in [0.25, 0.3) is 0 Å². The van der Waals surface area contributed by atoms with Crippen LogP contribution in [-0.4, -0.2) is 4.98 Å². The zero-order valence-electron chi connectivity index (χ0n) is 9.12. The first-order valence-corrected chi connectivity index (χ1v) is 6.44. The monoisotopic (exact) mass is 220 g/mol. The maximum Gasteiger partial charge on any atom is 0.0897 e. The zero-order valence-corrected chi connectivity index (χ0v) is 9.94. The lowest BCUT2D eigenvalue weighted by molar-refractivity contribution is 0.264. The Balaban J connectivity index is 2.11. The molecule has 80 valence electrons. The Morgan fingerprint density at radius 1 is 1.47 bits per heavy atom. The van der Waals surface area contributed by atoms with Crippen LogP contribution in [0, 0.1) is 23.7 Å². The number of aromatic nitrogens is 1. The van der Waals surface area contributed by atoms with Gasteiger partial charge in [0.2, 0.25) is 0 Å². The summed E-state index contributed by atoms with van der Waals surface area (Å²) in [4.78, 5) is 4.47. The minimum atomic E-state index is -0.112. The van der Waals surface area contributed by atoms with E-state index in [9.17, 15) is 5.26 Å². The fourth-order valence-electron chi connectivity index (χ4n) is 2.39. The van der Waals surface area contributed by atoms with Gasteiger partial charge in [-0.2, -0.15) is 5.26 Å². The summed E-state index contributed by atoms with van der Waals surface area (Å²) >= 11 is 1.68. The third-order valence-electron chi connectivity index (χ3n) is 3.23. The molecule has 0 spiro atoms. The number of hydrogen-bond acceptors (Lipinski definition) is 3. The van der Waals surface area contributed by atoms with E-state index in [1.165, 1.54) is 19.3 Å². The summed E-state index contributed by atoms with van der Waals surface area (Å²) in [5, 5.41) is 12.5. The Labute approximate surface area is 95.0 Å². The largest absolute Gasteiger partial charge is 0.247 e. The molecule has 0 N–H and O–H groups in total. The molecule has 1 aromatic rings. The highest BCUT2D eigenvalue weighted by Gasteiger charge is 2.32. The fraction of sp³-hybridized carbons (Fsp3) is 0.667. The lowest BCUT2D eigenvalue weighted by Crippen LogP contribution is -2.24. The third-order valence-corrected chi connectivity index (χ3v) is 4.06. The van der Waals surface area contributed by atoms with E-state index in [4.69, 9.17) is 0 Å². The molecule has 3 heteroatoms. The number of nitriles is 1. The standard InChI is InChI=1S/C12H16N2S/c1-10-14-11(8-15-10)7-12(9-13)5-3-2-4-6-12/h8H,2-7H2,1H3. The first-order chi connectivity index (χ1) is 7.24. The molecule has 1 aliphatic rings. The fourth-order valence-corrected chi connectivity index (χ4v) is 3.01. The molecule has 0 bridgehead atoms. The highest BCUT2D eigenvalue weighted by molar-refractivity contribution is 7.09. The van der Waals surface area contributed by atoms with E-state index >= 15 is 0 Å². The molecule has 15 heavy (non-hydrogen) atoms. The van der Waals surface area contributed by atoms with Gasteiger partial charge in [-0.15, -0.1) is 11.3 Å². The van der Waals surface area contributed by atoms with Crippen LogP contribution >= 0.6 is 11.3 Å². The van der Waals surface area contributed by atoms with Crippen LogP contribution < -0.4 is 0 Å². The first-order valence-electron chi connectivity index (χ1n) is 5.56. The van der Waals surface area contributed by atoms with Gasteiger partial charge in [0.15, 0.2) is 0 Å². The number of hydrogen-bond donors (Lipinski definition) is 0. The highest BCUT2D eigenvalue weighted by Crippen LogP contribution is 2.38. The van der Waals surface area contributed by atoms with Gasteiger partial charge in [-0.05, 0) is 19.8 Å². The smallest absolute Gasteiger partial charge is 0.0897 e. The molecule has 0 aliphatic heterocycles. The Morgan fingerprint density at radius 3 is 2.73 bits per heavy atom. The third kappa shape index (κ3) is 2.38. The Bertz CT molecular complexity index is 369. The van der Waals surface area contributed by atoms with Crippen molar-refractivity contribution in [2.75, 3.05) is 0 Å². The quantitative estimate of drug-likeness (QED) is 0.765. The molecule has 0 atom stereocenters. The van der Waals surface area contributed by atoms with Gasteiger partial charge < -0.3 is 0 Å². The molecule has 1 fully saturated rings. The van der Waals surface area contributed by atoms with Crippen molar-refractivity contribution in [3.8, 4) is 6.07 Å². The molecule has 2 rings (SSSR count). The molecule has 1 heterocycles. The number of aryl methyl sites for hydroxylation is 1. The maximum atomic E-state index is 9.34. The van der Waals surface area contributed by atoms with Crippen molar-refractivity contribution in [1.82, 2.24) is 4.98 Å². The summed E-state index contributed by atoms with van der Waals surface area (Å²) in [6, 6.07) is 2.54. The van der Waals surface area contributed by atoms with Crippen LogP contribution in [0.3, 0.4) is 0 Å². The topological polar surface area (TPSA) is 36.7 Å². The van der Waals surface area contributed by atoms with Crippen molar-refractivity contribution in [3.63, 3.8) is 0 Å². The summed E-state index contributed by atoms with van der Waals surface area (Å²) in [5.74, 6) is 0. The second kappa shape index (κ2) is 4.32. The van der Waals surface area contributed by atoms with Gasteiger partial charge in [0.1, 0.15) is 0 Å². The molecule has 1 aliphatic carbocycles. The molecular formula is C12H16N2S. The van der Waals surface area contributed by atoms with Crippen molar-refractivity contribution >= 4 is 11.3 Å². The summed E-state index contributed by atoms with van der Waals surface area (Å²) in [6.45, 7) is 2.02. The van der Waals surface area contributed by atoms with E-state index in [1.54, 1.807) is 11.3 Å². The van der Waals surface area contributed by atoms with E-state index in [2.05, 4.69) is 16.4 Å². The van der Waals surface area contributed by atoms with E-state index in [0.717, 1.165) is 30.0 Å². The van der Waals surface area contributed by atoms with Crippen molar-refractivity contribution in [2.45, 2.75) is 45.4 Å². The van der Waals surface area contributed by atoms with Gasteiger partial charge in [-0.25, -0.2) is 4.98 Å². The number of rotatable bonds is 2. The van der Waals surface area contributed by atoms with Crippen molar-refractivity contribution < 1.29 is 0 Å². The van der Waals surface area contributed by atoms with Gasteiger partial charge in [-0.1, -0.05) is 19.3 Å². The second-order valence-electron chi connectivity index (χ2n) is 4.49. The minimum Gasteiger partial charge on any atom is -0.247 e. The average molecular weight is 220 g/mol. The lowest BCUT2D eigenvalue weighted by Gasteiger charge is -2.29. The zero-order chi connectivity index (χ0) is 10.7. The van der Waals surface area contributed by atoms with Crippen LogP contribution in [-0.2, 0) is 6.42 Å². The lowest BCUT2D eigenvalue weighted by atomic mass is 9.72. The molecule has 0 unspecified atom stereocenters.